The summed E-state index contributed by atoms with van der Waals surface area (Å²) in [5.74, 6) is 0.194. The maximum Gasteiger partial charge on any atom is 0.0992 e. The first kappa shape index (κ1) is 13.3. The number of aliphatic hydroxyl groups is 1. The molecule has 0 aliphatic heterocycles. The Bertz CT molecular complexity index is 394. The molecule has 5 heteroatoms. The number of aliphatic hydroxyl groups excluding tert-OH is 1. The number of hydrogen-bond acceptors (Lipinski definition) is 3. The molecule has 1 rings (SSSR count). The van der Waals surface area contributed by atoms with Crippen LogP contribution in [-0.4, -0.2) is 23.6 Å². The largest absolute Gasteiger partial charge is 0.390 e. The van der Waals surface area contributed by atoms with E-state index in [9.17, 15) is 5.11 Å². The monoisotopic (exact) mass is 302 g/mol. The van der Waals surface area contributed by atoms with Crippen LogP contribution in [0.1, 0.15) is 11.1 Å². The summed E-state index contributed by atoms with van der Waals surface area (Å²) >= 11 is 8.88. The standard InChI is InChI=1S/C11H12BrClN2O/c1-7-2-8(5-14)3-10(12)11(7)15-6-9(16)4-13/h2-3,9,15-16H,4,6H2,1H3. The second-order valence-electron chi connectivity index (χ2n) is 3.45. The lowest BCUT2D eigenvalue weighted by molar-refractivity contribution is 0.211. The minimum atomic E-state index is -0.580. The fourth-order valence-corrected chi connectivity index (χ4v) is 2.12. The molecule has 0 aliphatic rings. The molecule has 86 valence electrons. The Morgan fingerprint density at radius 3 is 2.81 bits per heavy atom. The molecule has 0 heterocycles. The van der Waals surface area contributed by atoms with E-state index in [4.69, 9.17) is 16.9 Å². The van der Waals surface area contributed by atoms with Gasteiger partial charge in [0.15, 0.2) is 0 Å². The van der Waals surface area contributed by atoms with Gasteiger partial charge in [0, 0.05) is 11.0 Å². The van der Waals surface area contributed by atoms with Crippen LogP contribution in [0.4, 0.5) is 5.69 Å². The predicted octanol–water partition coefficient (Wildman–Crippen LogP) is 2.64. The van der Waals surface area contributed by atoms with Crippen molar-refractivity contribution in [2.45, 2.75) is 13.0 Å². The van der Waals surface area contributed by atoms with Crippen molar-refractivity contribution in [2.75, 3.05) is 17.7 Å². The highest BCUT2D eigenvalue weighted by atomic mass is 79.9. The highest BCUT2D eigenvalue weighted by Gasteiger charge is 2.08. The first-order chi connectivity index (χ1) is 7.58. The third-order valence-electron chi connectivity index (χ3n) is 2.11. The summed E-state index contributed by atoms with van der Waals surface area (Å²) in [5, 5.41) is 21.2. The van der Waals surface area contributed by atoms with E-state index < -0.39 is 6.10 Å². The van der Waals surface area contributed by atoms with Gasteiger partial charge in [0.2, 0.25) is 0 Å². The number of nitriles is 1. The summed E-state index contributed by atoms with van der Waals surface area (Å²) in [5.41, 5.74) is 2.43. The molecule has 0 amide bonds. The van der Waals surface area contributed by atoms with Crippen LogP contribution in [-0.2, 0) is 0 Å². The Morgan fingerprint density at radius 1 is 1.62 bits per heavy atom. The van der Waals surface area contributed by atoms with E-state index in [2.05, 4.69) is 27.3 Å². The van der Waals surface area contributed by atoms with Gasteiger partial charge in [-0.2, -0.15) is 5.26 Å². The van der Waals surface area contributed by atoms with Crippen molar-refractivity contribution in [1.29, 1.82) is 5.26 Å². The molecule has 0 aliphatic carbocycles. The van der Waals surface area contributed by atoms with Crippen LogP contribution in [0.15, 0.2) is 16.6 Å². The number of anilines is 1. The van der Waals surface area contributed by atoms with Crippen LogP contribution < -0.4 is 5.32 Å². The third kappa shape index (κ3) is 3.38. The fourth-order valence-electron chi connectivity index (χ4n) is 1.31. The Labute approximate surface area is 108 Å². The molecule has 0 radical (unpaired) electrons. The zero-order valence-electron chi connectivity index (χ0n) is 8.80. The molecule has 0 aromatic heterocycles. The molecular formula is C11H12BrClN2O. The predicted molar refractivity (Wildman–Crippen MR) is 68.8 cm³/mol. The zero-order valence-corrected chi connectivity index (χ0v) is 11.1. The van der Waals surface area contributed by atoms with Crippen molar-refractivity contribution in [1.82, 2.24) is 0 Å². The van der Waals surface area contributed by atoms with Crippen molar-refractivity contribution in [3.8, 4) is 6.07 Å². The Kier molecular flexibility index (Phi) is 5.07. The molecule has 0 saturated heterocycles. The summed E-state index contributed by atoms with van der Waals surface area (Å²) < 4.78 is 0.811. The van der Waals surface area contributed by atoms with Gasteiger partial charge in [-0.1, -0.05) is 0 Å². The van der Waals surface area contributed by atoms with Crippen LogP contribution in [0.2, 0.25) is 0 Å². The molecular weight excluding hydrogens is 291 g/mol. The average molecular weight is 304 g/mol. The highest BCUT2D eigenvalue weighted by molar-refractivity contribution is 9.10. The maximum absolute atomic E-state index is 9.34. The van der Waals surface area contributed by atoms with Crippen molar-refractivity contribution in [2.24, 2.45) is 0 Å². The summed E-state index contributed by atoms with van der Waals surface area (Å²) in [4.78, 5) is 0. The van der Waals surface area contributed by atoms with Gasteiger partial charge in [-0.05, 0) is 40.5 Å². The van der Waals surface area contributed by atoms with Gasteiger partial charge in [0.25, 0.3) is 0 Å². The summed E-state index contributed by atoms with van der Waals surface area (Å²) in [6.45, 7) is 2.29. The lowest BCUT2D eigenvalue weighted by Gasteiger charge is -2.14. The van der Waals surface area contributed by atoms with Crippen LogP contribution in [0.25, 0.3) is 0 Å². The minimum absolute atomic E-state index is 0.194. The molecule has 1 aromatic carbocycles. The summed E-state index contributed by atoms with van der Waals surface area (Å²) in [6, 6.07) is 5.61. The molecule has 0 spiro atoms. The quantitative estimate of drug-likeness (QED) is 0.841. The Hall–Kier alpha value is -0.760. The molecule has 3 nitrogen and oxygen atoms in total. The van der Waals surface area contributed by atoms with Crippen molar-refractivity contribution >= 4 is 33.2 Å². The molecule has 0 saturated carbocycles. The lowest BCUT2D eigenvalue weighted by Crippen LogP contribution is -2.21. The number of nitrogens with one attached hydrogen (secondary N) is 1. The van der Waals surface area contributed by atoms with Crippen molar-refractivity contribution < 1.29 is 5.11 Å². The molecule has 0 bridgehead atoms. The van der Waals surface area contributed by atoms with E-state index in [1.807, 2.05) is 6.92 Å². The normalized spacial score (nSPS) is 11.9. The van der Waals surface area contributed by atoms with Gasteiger partial charge in [0.05, 0.1) is 29.3 Å². The van der Waals surface area contributed by atoms with Crippen LogP contribution in [0.3, 0.4) is 0 Å². The first-order valence-electron chi connectivity index (χ1n) is 4.76. The van der Waals surface area contributed by atoms with Crippen molar-refractivity contribution in [3.63, 3.8) is 0 Å². The Morgan fingerprint density at radius 2 is 2.31 bits per heavy atom. The number of alkyl halides is 1. The van der Waals surface area contributed by atoms with E-state index in [0.717, 1.165) is 15.7 Å². The van der Waals surface area contributed by atoms with E-state index in [1.54, 1.807) is 12.1 Å². The third-order valence-corrected chi connectivity index (χ3v) is 3.09. The van der Waals surface area contributed by atoms with Gasteiger partial charge < -0.3 is 10.4 Å². The van der Waals surface area contributed by atoms with Gasteiger partial charge in [-0.3, -0.25) is 0 Å². The first-order valence-corrected chi connectivity index (χ1v) is 6.09. The zero-order chi connectivity index (χ0) is 12.1. The number of benzene rings is 1. The lowest BCUT2D eigenvalue weighted by atomic mass is 10.1. The second kappa shape index (κ2) is 6.09. The van der Waals surface area contributed by atoms with Crippen LogP contribution >= 0.6 is 27.5 Å². The SMILES string of the molecule is Cc1cc(C#N)cc(Br)c1NCC(O)CCl. The maximum atomic E-state index is 9.34. The molecule has 1 atom stereocenters. The van der Waals surface area contributed by atoms with Gasteiger partial charge in [0.1, 0.15) is 0 Å². The van der Waals surface area contributed by atoms with E-state index >= 15 is 0 Å². The highest BCUT2D eigenvalue weighted by Crippen LogP contribution is 2.27. The number of rotatable bonds is 4. The number of nitrogens with zero attached hydrogens (tertiary/aromatic N) is 1. The molecule has 0 fully saturated rings. The number of halogens is 2. The Balaban J connectivity index is 2.85. The average Bonchev–Trinajstić information content (AvgIpc) is 2.27. The van der Waals surface area contributed by atoms with Crippen LogP contribution in [0, 0.1) is 18.3 Å². The summed E-state index contributed by atoms with van der Waals surface area (Å²) in [6.07, 6.45) is -0.580. The molecule has 1 unspecified atom stereocenters. The summed E-state index contributed by atoms with van der Waals surface area (Å²) in [7, 11) is 0. The van der Waals surface area contributed by atoms with E-state index in [-0.39, 0.29) is 5.88 Å². The number of aryl methyl sites for hydroxylation is 1. The smallest absolute Gasteiger partial charge is 0.0992 e. The van der Waals surface area contributed by atoms with Gasteiger partial charge in [-0.25, -0.2) is 0 Å². The van der Waals surface area contributed by atoms with E-state index in [1.165, 1.54) is 0 Å². The van der Waals surface area contributed by atoms with Gasteiger partial charge in [-0.15, -0.1) is 11.6 Å². The molecule has 1 aromatic rings. The van der Waals surface area contributed by atoms with E-state index in [0.29, 0.717) is 12.1 Å². The van der Waals surface area contributed by atoms with Gasteiger partial charge >= 0.3 is 0 Å². The fraction of sp³-hybridized carbons (Fsp3) is 0.364. The second-order valence-corrected chi connectivity index (χ2v) is 4.61. The van der Waals surface area contributed by atoms with Crippen LogP contribution in [0.5, 0.6) is 0 Å². The minimum Gasteiger partial charge on any atom is -0.390 e. The molecule has 16 heavy (non-hydrogen) atoms. The van der Waals surface area contributed by atoms with Crippen molar-refractivity contribution in [3.05, 3.63) is 27.7 Å². The topological polar surface area (TPSA) is 56.0 Å². The number of hydrogen-bond donors (Lipinski definition) is 2. The molecule has 2 N–H and O–H groups in total.